The van der Waals surface area contributed by atoms with Gasteiger partial charge in [0.15, 0.2) is 0 Å². The Morgan fingerprint density at radius 2 is 1.74 bits per heavy atom. The minimum absolute atomic E-state index is 0.00609. The van der Waals surface area contributed by atoms with E-state index in [4.69, 9.17) is 0 Å². The second-order valence-corrected chi connectivity index (χ2v) is 10.1. The molecule has 3 N–H and O–H groups in total. The molecule has 1 saturated carbocycles. The number of hydrogen-bond acceptors (Lipinski definition) is 4. The average Bonchev–Trinajstić information content (AvgIpc) is 3.63. The van der Waals surface area contributed by atoms with Crippen molar-refractivity contribution in [2.45, 2.75) is 81.5 Å². The summed E-state index contributed by atoms with van der Waals surface area (Å²) in [6, 6.07) is 3.66. The van der Waals surface area contributed by atoms with Gasteiger partial charge in [-0.1, -0.05) is 48.6 Å². The van der Waals surface area contributed by atoms with Gasteiger partial charge in [-0.25, -0.2) is 13.2 Å². The van der Waals surface area contributed by atoms with Gasteiger partial charge in [0.05, 0.1) is 12.1 Å². The van der Waals surface area contributed by atoms with Crippen LogP contribution in [0.25, 0.3) is 5.57 Å². The number of carbonyl (C=O) groups is 1. The van der Waals surface area contributed by atoms with E-state index in [9.17, 15) is 41.5 Å². The van der Waals surface area contributed by atoms with Crippen LogP contribution in [-0.2, 0) is 4.79 Å². The average molecular weight is 542 g/mol. The van der Waals surface area contributed by atoms with Gasteiger partial charge < -0.3 is 10.4 Å². The smallest absolute Gasteiger partial charge is 0.382 e. The van der Waals surface area contributed by atoms with Gasteiger partial charge in [-0.2, -0.15) is 18.4 Å². The Bertz CT molecular complexity index is 1140. The van der Waals surface area contributed by atoms with Crippen molar-refractivity contribution in [1.29, 1.82) is 5.26 Å². The van der Waals surface area contributed by atoms with Crippen molar-refractivity contribution in [2.75, 3.05) is 0 Å². The molecule has 1 fully saturated rings. The first-order valence-electron chi connectivity index (χ1n) is 12.0. The summed E-state index contributed by atoms with van der Waals surface area (Å²) in [5.74, 6) is -0.882. The minimum Gasteiger partial charge on any atom is -0.382 e. The number of nitrogens with zero attached hydrogens (tertiary/aromatic N) is 1. The second-order valence-electron chi connectivity index (χ2n) is 10.1. The molecule has 1 unspecified atom stereocenters. The number of nitriles is 1. The highest BCUT2D eigenvalue weighted by Gasteiger charge is 2.48. The zero-order chi connectivity index (χ0) is 28.3. The normalized spacial score (nSPS) is 19.5. The van der Waals surface area contributed by atoms with Crippen LogP contribution in [0.1, 0.15) is 56.8 Å². The zero-order valence-electron chi connectivity index (χ0n) is 20.8. The summed E-state index contributed by atoms with van der Waals surface area (Å²) in [4.78, 5) is 12.8. The molecule has 2 aliphatic carbocycles. The molecule has 1 aromatic rings. The van der Waals surface area contributed by atoms with E-state index in [1.54, 1.807) is 6.08 Å². The molecule has 0 spiro atoms. The van der Waals surface area contributed by atoms with E-state index in [1.807, 2.05) is 6.07 Å². The highest BCUT2D eigenvalue weighted by molar-refractivity contribution is 5.83. The van der Waals surface area contributed by atoms with Gasteiger partial charge in [-0.3, -0.25) is 10.1 Å². The number of aliphatic hydroxyl groups excluding tert-OH is 1. The summed E-state index contributed by atoms with van der Waals surface area (Å²) in [6.45, 7) is 2.31. The molecule has 0 aliphatic heterocycles. The van der Waals surface area contributed by atoms with Crippen LogP contribution in [0, 0.1) is 11.3 Å². The maximum Gasteiger partial charge on any atom is 0.407 e. The molecular formula is C27H29F6N3O2. The van der Waals surface area contributed by atoms with Crippen molar-refractivity contribution >= 4 is 11.5 Å². The number of benzene rings is 1. The molecule has 38 heavy (non-hydrogen) atoms. The minimum atomic E-state index is -4.83. The van der Waals surface area contributed by atoms with E-state index in [-0.39, 0.29) is 17.6 Å². The van der Waals surface area contributed by atoms with Gasteiger partial charge >= 0.3 is 6.18 Å². The number of aliphatic hydroxyl groups is 1. The molecule has 11 heteroatoms. The number of carbonyl (C=O) groups excluding carboxylic acids is 1. The number of hydrogen-bond donors (Lipinski definition) is 3. The summed E-state index contributed by atoms with van der Waals surface area (Å²) < 4.78 is 82.5. The molecule has 206 valence electrons. The van der Waals surface area contributed by atoms with E-state index in [1.165, 1.54) is 42.5 Å². The van der Waals surface area contributed by atoms with Crippen molar-refractivity contribution in [1.82, 2.24) is 10.6 Å². The van der Waals surface area contributed by atoms with Gasteiger partial charge in [0, 0.05) is 6.42 Å². The molecule has 0 heterocycles. The molecular weight excluding hydrogens is 512 g/mol. The maximum atomic E-state index is 14.5. The Balaban J connectivity index is 1.82. The fraction of sp³-hybridized carbons (Fsp3) is 0.481. The third-order valence-electron chi connectivity index (χ3n) is 6.33. The van der Waals surface area contributed by atoms with Gasteiger partial charge in [-0.15, -0.1) is 0 Å². The van der Waals surface area contributed by atoms with E-state index in [0.29, 0.717) is 24.0 Å². The highest BCUT2D eigenvalue weighted by atomic mass is 19.4. The van der Waals surface area contributed by atoms with E-state index in [0.717, 1.165) is 13.8 Å². The van der Waals surface area contributed by atoms with Crippen molar-refractivity contribution in [3.05, 3.63) is 65.3 Å². The molecule has 1 amide bonds. The van der Waals surface area contributed by atoms with Crippen LogP contribution in [0.3, 0.4) is 0 Å². The number of rotatable bonds is 10. The molecule has 5 nitrogen and oxygen atoms in total. The first-order chi connectivity index (χ1) is 17.6. The first kappa shape index (κ1) is 29.5. The van der Waals surface area contributed by atoms with Crippen molar-refractivity contribution < 1.29 is 36.2 Å². The second kappa shape index (κ2) is 11.3. The van der Waals surface area contributed by atoms with Crippen LogP contribution in [0.4, 0.5) is 26.3 Å². The Kier molecular flexibility index (Phi) is 8.79. The lowest BCUT2D eigenvalue weighted by Crippen LogP contribution is -2.56. The maximum absolute atomic E-state index is 14.5. The molecule has 2 aliphatic rings. The number of halogens is 6. The topological polar surface area (TPSA) is 85.2 Å². The van der Waals surface area contributed by atoms with Gasteiger partial charge in [-0.05, 0) is 55.4 Å². The van der Waals surface area contributed by atoms with Crippen molar-refractivity contribution in [3.63, 3.8) is 0 Å². The lowest BCUT2D eigenvalue weighted by atomic mass is 9.96. The van der Waals surface area contributed by atoms with E-state index < -0.39 is 54.3 Å². The van der Waals surface area contributed by atoms with Crippen LogP contribution < -0.4 is 10.6 Å². The SMILES string of the molecule is CC(C)(F)C[C@H](NC(C1=CCC=C(c2ccc([C@H](O)C(F)F)cc2)C=C1)C(F)(F)F)C(=O)NC1(C#N)CC1. The summed E-state index contributed by atoms with van der Waals surface area (Å²) >= 11 is 0. The van der Waals surface area contributed by atoms with E-state index in [2.05, 4.69) is 10.6 Å². The predicted molar refractivity (Wildman–Crippen MR) is 130 cm³/mol. The molecule has 1 aromatic carbocycles. The molecule has 3 rings (SSSR count). The summed E-state index contributed by atoms with van der Waals surface area (Å²) in [5.41, 5.74) is -2.22. The lowest BCUT2D eigenvalue weighted by molar-refractivity contribution is -0.150. The Morgan fingerprint density at radius 3 is 2.24 bits per heavy atom. The van der Waals surface area contributed by atoms with Crippen LogP contribution in [-0.4, -0.2) is 46.9 Å². The zero-order valence-corrected chi connectivity index (χ0v) is 20.8. The Labute approximate surface area is 216 Å². The van der Waals surface area contributed by atoms with Gasteiger partial charge in [0.1, 0.15) is 23.4 Å². The fourth-order valence-corrected chi connectivity index (χ4v) is 4.10. The number of amides is 1. The molecule has 0 aromatic heterocycles. The molecule has 0 bridgehead atoms. The van der Waals surface area contributed by atoms with E-state index >= 15 is 0 Å². The van der Waals surface area contributed by atoms with Crippen LogP contribution >= 0.6 is 0 Å². The third-order valence-corrected chi connectivity index (χ3v) is 6.33. The molecule has 0 radical (unpaired) electrons. The third kappa shape index (κ3) is 7.71. The standard InChI is InChI=1S/C27H29F6N3O2/c1-25(2,30)14-20(24(38)36-26(15-34)12-13-26)35-22(27(31,32)33)19-5-3-4-16(8-11-19)17-6-9-18(10-7-17)21(37)23(28)29/h4-11,20-23,35,37H,3,12-14H2,1-2H3,(H,36,38)/t20-,21-,22?/m0/s1. The fourth-order valence-electron chi connectivity index (χ4n) is 4.10. The molecule has 3 atom stereocenters. The van der Waals surface area contributed by atoms with Crippen molar-refractivity contribution in [3.8, 4) is 6.07 Å². The van der Waals surface area contributed by atoms with Crippen molar-refractivity contribution in [2.24, 2.45) is 0 Å². The van der Waals surface area contributed by atoms with Gasteiger partial charge in [0.2, 0.25) is 5.91 Å². The Morgan fingerprint density at radius 1 is 1.11 bits per heavy atom. The van der Waals surface area contributed by atoms with Crippen LogP contribution in [0.15, 0.2) is 54.1 Å². The Hall–Kier alpha value is -3.10. The highest BCUT2D eigenvalue weighted by Crippen LogP contribution is 2.35. The summed E-state index contributed by atoms with van der Waals surface area (Å²) in [7, 11) is 0. The summed E-state index contributed by atoms with van der Waals surface area (Å²) in [6.07, 6.45) is -3.82. The number of allylic oxidation sites excluding steroid dienone is 4. The lowest BCUT2D eigenvalue weighted by Gasteiger charge is -2.30. The number of alkyl halides is 6. The number of nitrogens with one attached hydrogen (secondary N) is 2. The monoisotopic (exact) mass is 541 g/mol. The first-order valence-corrected chi connectivity index (χ1v) is 12.0. The van der Waals surface area contributed by atoms with Crippen LogP contribution in [0.5, 0.6) is 0 Å². The van der Waals surface area contributed by atoms with Gasteiger partial charge in [0.25, 0.3) is 6.43 Å². The molecule has 0 saturated heterocycles. The largest absolute Gasteiger partial charge is 0.407 e. The van der Waals surface area contributed by atoms with Crippen LogP contribution in [0.2, 0.25) is 0 Å². The quantitative estimate of drug-likeness (QED) is 0.344. The summed E-state index contributed by atoms with van der Waals surface area (Å²) in [5, 5.41) is 23.5. The predicted octanol–water partition coefficient (Wildman–Crippen LogP) is 5.45.